The van der Waals surface area contributed by atoms with Crippen molar-refractivity contribution in [1.82, 2.24) is 5.32 Å². The Morgan fingerprint density at radius 1 is 1.36 bits per heavy atom. The highest BCUT2D eigenvalue weighted by Gasteiger charge is 2.14. The molecule has 0 aliphatic heterocycles. The molecule has 14 heavy (non-hydrogen) atoms. The van der Waals surface area contributed by atoms with Gasteiger partial charge in [-0.3, -0.25) is 9.59 Å². The first-order valence-electron chi connectivity index (χ1n) is 5.00. The van der Waals surface area contributed by atoms with Gasteiger partial charge in [-0.05, 0) is 12.8 Å². The summed E-state index contributed by atoms with van der Waals surface area (Å²) in [5.74, 6) is -0.281. The molecule has 0 aromatic rings. The zero-order valence-corrected chi connectivity index (χ0v) is 9.13. The molecule has 0 rings (SSSR count). The van der Waals surface area contributed by atoms with Crippen molar-refractivity contribution >= 4 is 11.9 Å². The van der Waals surface area contributed by atoms with Crippen LogP contribution < -0.4 is 5.32 Å². The lowest BCUT2D eigenvalue weighted by molar-refractivity contribution is -0.141. The lowest BCUT2D eigenvalue weighted by Gasteiger charge is -2.15. The predicted octanol–water partition coefficient (Wildman–Crippen LogP) is 1.24. The third kappa shape index (κ3) is 5.56. The van der Waals surface area contributed by atoms with Crippen LogP contribution in [-0.4, -0.2) is 25.0 Å². The minimum atomic E-state index is -0.284. The summed E-state index contributed by atoms with van der Waals surface area (Å²) >= 11 is 0. The van der Waals surface area contributed by atoms with Crippen LogP contribution in [0.1, 0.15) is 39.5 Å². The molecule has 4 nitrogen and oxygen atoms in total. The molecule has 0 aliphatic carbocycles. The van der Waals surface area contributed by atoms with E-state index >= 15 is 0 Å². The van der Waals surface area contributed by atoms with Crippen LogP contribution in [0.3, 0.4) is 0 Å². The number of esters is 1. The maximum atomic E-state index is 11.2. The van der Waals surface area contributed by atoms with Crippen LogP contribution in [0.2, 0.25) is 0 Å². The Bertz CT molecular complexity index is 192. The molecule has 0 spiro atoms. The normalized spacial score (nSPS) is 11.9. The Hall–Kier alpha value is -1.06. The summed E-state index contributed by atoms with van der Waals surface area (Å²) in [5, 5.41) is 2.79. The summed E-state index contributed by atoms with van der Waals surface area (Å²) in [4.78, 5) is 22.2. The Labute approximate surface area is 85.0 Å². The third-order valence-electron chi connectivity index (χ3n) is 1.98. The molecule has 1 amide bonds. The number of hydrogen-bond acceptors (Lipinski definition) is 3. The molecule has 0 radical (unpaired) electrons. The van der Waals surface area contributed by atoms with E-state index < -0.39 is 0 Å². The van der Waals surface area contributed by atoms with Gasteiger partial charge in [-0.25, -0.2) is 0 Å². The molecular weight excluding hydrogens is 182 g/mol. The molecule has 0 aromatic carbocycles. The molecule has 0 bridgehead atoms. The molecule has 4 heteroatoms. The van der Waals surface area contributed by atoms with E-state index in [4.69, 9.17) is 0 Å². The molecule has 0 aliphatic rings. The quantitative estimate of drug-likeness (QED) is 0.658. The number of hydrogen-bond donors (Lipinski definition) is 1. The molecule has 82 valence electrons. The zero-order valence-electron chi connectivity index (χ0n) is 9.13. The summed E-state index contributed by atoms with van der Waals surface area (Å²) in [5.41, 5.74) is 0. The number of carbonyl (C=O) groups is 2. The van der Waals surface area contributed by atoms with Crippen molar-refractivity contribution in [3.8, 4) is 0 Å². The van der Waals surface area contributed by atoms with E-state index in [1.165, 1.54) is 7.11 Å². The number of amides is 1. The van der Waals surface area contributed by atoms with Crippen LogP contribution in [0.5, 0.6) is 0 Å². The highest BCUT2D eigenvalue weighted by atomic mass is 16.5. The maximum absolute atomic E-state index is 11.2. The van der Waals surface area contributed by atoms with Crippen LogP contribution in [0, 0.1) is 0 Å². The van der Waals surface area contributed by atoms with E-state index in [9.17, 15) is 9.59 Å². The van der Waals surface area contributed by atoms with Gasteiger partial charge in [0.05, 0.1) is 13.5 Å². The fraction of sp³-hybridized carbons (Fsp3) is 0.800. The molecule has 0 fully saturated rings. The maximum Gasteiger partial charge on any atom is 0.307 e. The topological polar surface area (TPSA) is 55.4 Å². The average Bonchev–Trinajstić information content (AvgIpc) is 2.16. The van der Waals surface area contributed by atoms with Gasteiger partial charge >= 0.3 is 5.97 Å². The van der Waals surface area contributed by atoms with Gasteiger partial charge in [-0.1, -0.05) is 13.8 Å². The summed E-state index contributed by atoms with van der Waals surface area (Å²) in [6.45, 7) is 3.88. The molecule has 0 heterocycles. The number of rotatable bonds is 6. The van der Waals surface area contributed by atoms with Gasteiger partial charge in [0.25, 0.3) is 0 Å². The third-order valence-corrected chi connectivity index (χ3v) is 1.98. The monoisotopic (exact) mass is 201 g/mol. The van der Waals surface area contributed by atoms with Crippen LogP contribution in [0.25, 0.3) is 0 Å². The van der Waals surface area contributed by atoms with E-state index in [1.807, 2.05) is 13.8 Å². The summed E-state index contributed by atoms with van der Waals surface area (Å²) in [6.07, 6.45) is 2.32. The number of carbonyl (C=O) groups excluding carboxylic acids is 2. The smallest absolute Gasteiger partial charge is 0.307 e. The van der Waals surface area contributed by atoms with E-state index in [0.717, 1.165) is 12.8 Å². The molecule has 1 atom stereocenters. The van der Waals surface area contributed by atoms with Crippen molar-refractivity contribution in [3.63, 3.8) is 0 Å². The van der Waals surface area contributed by atoms with Gasteiger partial charge in [-0.2, -0.15) is 0 Å². The Balaban J connectivity index is 3.89. The standard InChI is InChI=1S/C10H19NO3/c1-4-6-9(12)11-8(5-2)7-10(13)14-3/h8H,4-7H2,1-3H3,(H,11,12). The first-order chi connectivity index (χ1) is 6.63. The summed E-state index contributed by atoms with van der Waals surface area (Å²) < 4.78 is 4.53. The molecule has 0 aromatic heterocycles. The Morgan fingerprint density at radius 2 is 2.00 bits per heavy atom. The van der Waals surface area contributed by atoms with Crippen molar-refractivity contribution in [2.75, 3.05) is 7.11 Å². The largest absolute Gasteiger partial charge is 0.469 e. The van der Waals surface area contributed by atoms with E-state index in [0.29, 0.717) is 6.42 Å². The van der Waals surface area contributed by atoms with Gasteiger partial charge in [0.1, 0.15) is 0 Å². The van der Waals surface area contributed by atoms with Crippen molar-refractivity contribution in [2.45, 2.75) is 45.6 Å². The van der Waals surface area contributed by atoms with Crippen LogP contribution >= 0.6 is 0 Å². The molecule has 1 N–H and O–H groups in total. The van der Waals surface area contributed by atoms with Gasteiger partial charge in [0, 0.05) is 12.5 Å². The first kappa shape index (κ1) is 12.9. The number of nitrogens with one attached hydrogen (secondary N) is 1. The fourth-order valence-corrected chi connectivity index (χ4v) is 1.11. The second kappa shape index (κ2) is 7.35. The van der Waals surface area contributed by atoms with Gasteiger partial charge in [-0.15, -0.1) is 0 Å². The second-order valence-corrected chi connectivity index (χ2v) is 3.20. The summed E-state index contributed by atoms with van der Waals surface area (Å²) in [6, 6.07) is -0.0958. The highest BCUT2D eigenvalue weighted by Crippen LogP contribution is 2.00. The van der Waals surface area contributed by atoms with Crippen molar-refractivity contribution in [1.29, 1.82) is 0 Å². The molecule has 0 saturated heterocycles. The minimum Gasteiger partial charge on any atom is -0.469 e. The Morgan fingerprint density at radius 3 is 2.43 bits per heavy atom. The highest BCUT2D eigenvalue weighted by molar-refractivity contribution is 5.77. The van der Waals surface area contributed by atoms with Crippen molar-refractivity contribution < 1.29 is 14.3 Å². The van der Waals surface area contributed by atoms with Crippen LogP contribution in [-0.2, 0) is 14.3 Å². The van der Waals surface area contributed by atoms with Crippen LogP contribution in [0.4, 0.5) is 0 Å². The van der Waals surface area contributed by atoms with Crippen molar-refractivity contribution in [3.05, 3.63) is 0 Å². The molecule has 1 unspecified atom stereocenters. The van der Waals surface area contributed by atoms with Crippen LogP contribution in [0.15, 0.2) is 0 Å². The fourth-order valence-electron chi connectivity index (χ4n) is 1.11. The SMILES string of the molecule is CCCC(=O)NC(CC)CC(=O)OC. The Kier molecular flexibility index (Phi) is 6.80. The predicted molar refractivity (Wildman–Crippen MR) is 53.8 cm³/mol. The zero-order chi connectivity index (χ0) is 11.0. The van der Waals surface area contributed by atoms with Crippen molar-refractivity contribution in [2.24, 2.45) is 0 Å². The van der Waals surface area contributed by atoms with Gasteiger partial charge in [0.2, 0.25) is 5.91 Å². The van der Waals surface area contributed by atoms with Gasteiger partial charge in [0.15, 0.2) is 0 Å². The van der Waals surface area contributed by atoms with E-state index in [1.54, 1.807) is 0 Å². The molecule has 0 saturated carbocycles. The van der Waals surface area contributed by atoms with Gasteiger partial charge < -0.3 is 10.1 Å². The number of methoxy groups -OCH3 is 1. The number of ether oxygens (including phenoxy) is 1. The molecular formula is C10H19NO3. The average molecular weight is 201 g/mol. The minimum absolute atomic E-state index is 0.00301. The van der Waals surface area contributed by atoms with E-state index in [-0.39, 0.29) is 24.3 Å². The first-order valence-corrected chi connectivity index (χ1v) is 5.00. The van der Waals surface area contributed by atoms with E-state index in [2.05, 4.69) is 10.1 Å². The lowest BCUT2D eigenvalue weighted by Crippen LogP contribution is -2.36. The lowest BCUT2D eigenvalue weighted by atomic mass is 10.1. The second-order valence-electron chi connectivity index (χ2n) is 3.20. The summed E-state index contributed by atoms with van der Waals surface area (Å²) in [7, 11) is 1.35.